The molecule has 1 aliphatic heterocycles. The number of carboxylic acids is 1. The molecule has 1 rings (SSSR count). The highest BCUT2D eigenvalue weighted by molar-refractivity contribution is 7.99. The van der Waals surface area contributed by atoms with E-state index in [4.69, 9.17) is 5.11 Å². The Hall–Kier alpha value is -1.24. The van der Waals surface area contributed by atoms with Crippen molar-refractivity contribution in [3.8, 4) is 0 Å². The zero-order valence-electron chi connectivity index (χ0n) is 12.2. The van der Waals surface area contributed by atoms with E-state index in [1.807, 2.05) is 13.8 Å². The topological polar surface area (TPSA) is 77.9 Å². The van der Waals surface area contributed by atoms with Crippen LogP contribution in [0.5, 0.6) is 0 Å². The Morgan fingerprint density at radius 2 is 2.05 bits per heavy atom. The van der Waals surface area contributed by atoms with E-state index in [9.17, 15) is 14.4 Å². The summed E-state index contributed by atoms with van der Waals surface area (Å²) in [4.78, 5) is 38.1. The van der Waals surface area contributed by atoms with Crippen LogP contribution in [0.4, 0.5) is 0 Å². The summed E-state index contributed by atoms with van der Waals surface area (Å²) >= 11 is 1.53. The smallest absolute Gasteiger partial charge is 0.323 e. The Kier molecular flexibility index (Phi) is 6.32. The summed E-state index contributed by atoms with van der Waals surface area (Å²) in [7, 11) is 0. The Labute approximate surface area is 123 Å². The summed E-state index contributed by atoms with van der Waals surface area (Å²) in [6, 6.07) is -0.523. The lowest BCUT2D eigenvalue weighted by atomic mass is 10.1. The van der Waals surface area contributed by atoms with Gasteiger partial charge in [0.05, 0.1) is 5.88 Å². The van der Waals surface area contributed by atoms with Crippen molar-refractivity contribution in [1.29, 1.82) is 0 Å². The number of amides is 2. The molecule has 0 bridgehead atoms. The third-order valence-electron chi connectivity index (χ3n) is 3.01. The molecule has 0 spiro atoms. The van der Waals surface area contributed by atoms with Gasteiger partial charge in [-0.1, -0.05) is 20.8 Å². The molecule has 0 aliphatic carbocycles. The summed E-state index contributed by atoms with van der Waals surface area (Å²) in [6.45, 7) is 5.70. The van der Waals surface area contributed by atoms with E-state index >= 15 is 0 Å². The van der Waals surface area contributed by atoms with Gasteiger partial charge in [-0.25, -0.2) is 0 Å². The Morgan fingerprint density at radius 3 is 2.55 bits per heavy atom. The number of carbonyl (C=O) groups excluding carboxylic acids is 2. The van der Waals surface area contributed by atoms with Gasteiger partial charge in [0.2, 0.25) is 11.8 Å². The Morgan fingerprint density at radius 1 is 1.40 bits per heavy atom. The monoisotopic (exact) mass is 302 g/mol. The Bertz CT molecular complexity index is 387. The molecule has 1 aliphatic rings. The quantitative estimate of drug-likeness (QED) is 0.787. The van der Waals surface area contributed by atoms with Gasteiger partial charge in [0.25, 0.3) is 0 Å². The molecule has 20 heavy (non-hydrogen) atoms. The van der Waals surface area contributed by atoms with E-state index < -0.39 is 12.0 Å². The number of carboxylic acid groups (broad SMARTS) is 1. The van der Waals surface area contributed by atoms with Crippen LogP contribution < -0.4 is 0 Å². The van der Waals surface area contributed by atoms with Crippen LogP contribution in [0.15, 0.2) is 0 Å². The minimum atomic E-state index is -1.03. The standard InChI is InChI=1S/C13H22N2O4S/c1-4-11(16)15-8-20-7-10(15)13(19)14(5-9(2)3)6-12(17)18/h9-10H,4-8H2,1-3H3,(H,17,18). The molecule has 1 heterocycles. The van der Waals surface area contributed by atoms with E-state index in [0.29, 0.717) is 24.6 Å². The highest BCUT2D eigenvalue weighted by Crippen LogP contribution is 2.23. The van der Waals surface area contributed by atoms with Crippen LogP contribution in [0.2, 0.25) is 0 Å². The molecular weight excluding hydrogens is 280 g/mol. The van der Waals surface area contributed by atoms with Crippen LogP contribution in [0.3, 0.4) is 0 Å². The first-order valence-electron chi connectivity index (χ1n) is 6.74. The first-order chi connectivity index (χ1) is 9.36. The zero-order valence-corrected chi connectivity index (χ0v) is 13.0. The maximum atomic E-state index is 12.5. The minimum Gasteiger partial charge on any atom is -0.480 e. The van der Waals surface area contributed by atoms with Gasteiger partial charge in [0.1, 0.15) is 12.6 Å². The SMILES string of the molecule is CCC(=O)N1CSCC1C(=O)N(CC(=O)O)CC(C)C. The Balaban J connectivity index is 2.81. The van der Waals surface area contributed by atoms with Gasteiger partial charge in [-0.2, -0.15) is 0 Å². The van der Waals surface area contributed by atoms with E-state index in [-0.39, 0.29) is 24.3 Å². The van der Waals surface area contributed by atoms with Crippen molar-refractivity contribution in [1.82, 2.24) is 9.80 Å². The summed E-state index contributed by atoms with van der Waals surface area (Å²) < 4.78 is 0. The number of rotatable bonds is 6. The van der Waals surface area contributed by atoms with Crippen LogP contribution in [-0.2, 0) is 14.4 Å². The van der Waals surface area contributed by atoms with Crippen molar-refractivity contribution < 1.29 is 19.5 Å². The lowest BCUT2D eigenvalue weighted by molar-refractivity contribution is -0.148. The van der Waals surface area contributed by atoms with Crippen LogP contribution in [-0.4, -0.2) is 63.5 Å². The van der Waals surface area contributed by atoms with Gasteiger partial charge in [-0.15, -0.1) is 11.8 Å². The molecule has 1 fully saturated rings. The lowest BCUT2D eigenvalue weighted by Gasteiger charge is -2.29. The van der Waals surface area contributed by atoms with Gasteiger partial charge < -0.3 is 14.9 Å². The summed E-state index contributed by atoms with van der Waals surface area (Å²) in [6.07, 6.45) is 0.355. The molecule has 1 saturated heterocycles. The molecule has 1 N–H and O–H groups in total. The van der Waals surface area contributed by atoms with Gasteiger partial charge in [-0.3, -0.25) is 14.4 Å². The van der Waals surface area contributed by atoms with Crippen molar-refractivity contribution in [2.24, 2.45) is 5.92 Å². The van der Waals surface area contributed by atoms with E-state index in [0.717, 1.165) is 0 Å². The van der Waals surface area contributed by atoms with Gasteiger partial charge >= 0.3 is 5.97 Å². The molecule has 0 aromatic rings. The molecule has 0 aromatic heterocycles. The van der Waals surface area contributed by atoms with Gasteiger partial charge in [-0.05, 0) is 5.92 Å². The molecule has 2 amide bonds. The molecule has 1 unspecified atom stereocenters. The second-order valence-electron chi connectivity index (χ2n) is 5.24. The normalized spacial score (nSPS) is 18.4. The average Bonchev–Trinajstić information content (AvgIpc) is 2.84. The van der Waals surface area contributed by atoms with Crippen molar-refractivity contribution in [2.45, 2.75) is 33.2 Å². The van der Waals surface area contributed by atoms with E-state index in [2.05, 4.69) is 0 Å². The summed E-state index contributed by atoms with van der Waals surface area (Å²) in [5, 5.41) is 8.93. The fraction of sp³-hybridized carbons (Fsp3) is 0.769. The first kappa shape index (κ1) is 16.8. The van der Waals surface area contributed by atoms with E-state index in [1.54, 1.807) is 11.8 Å². The van der Waals surface area contributed by atoms with Crippen molar-refractivity contribution in [3.05, 3.63) is 0 Å². The third-order valence-corrected chi connectivity index (χ3v) is 4.03. The second-order valence-corrected chi connectivity index (χ2v) is 6.24. The molecule has 7 heteroatoms. The number of hydrogen-bond donors (Lipinski definition) is 1. The zero-order chi connectivity index (χ0) is 15.3. The predicted octanol–water partition coefficient (Wildman–Crippen LogP) is 0.867. The lowest BCUT2D eigenvalue weighted by Crippen LogP contribution is -2.51. The molecule has 114 valence electrons. The third kappa shape index (κ3) is 4.40. The fourth-order valence-electron chi connectivity index (χ4n) is 2.14. The summed E-state index contributed by atoms with van der Waals surface area (Å²) in [5.74, 6) is -0.119. The highest BCUT2D eigenvalue weighted by Gasteiger charge is 2.36. The molecule has 0 saturated carbocycles. The molecule has 1 atom stereocenters. The minimum absolute atomic E-state index is 0.0619. The average molecular weight is 302 g/mol. The molecule has 0 aromatic carbocycles. The number of hydrogen-bond acceptors (Lipinski definition) is 4. The molecule has 0 radical (unpaired) electrons. The van der Waals surface area contributed by atoms with Gasteiger partial charge in [0.15, 0.2) is 0 Å². The van der Waals surface area contributed by atoms with Crippen LogP contribution >= 0.6 is 11.8 Å². The predicted molar refractivity (Wildman–Crippen MR) is 77.3 cm³/mol. The van der Waals surface area contributed by atoms with Crippen LogP contribution in [0.25, 0.3) is 0 Å². The molecular formula is C13H22N2O4S. The largest absolute Gasteiger partial charge is 0.480 e. The maximum absolute atomic E-state index is 12.5. The van der Waals surface area contributed by atoms with Gasteiger partial charge in [0, 0.05) is 18.7 Å². The van der Waals surface area contributed by atoms with Crippen molar-refractivity contribution in [2.75, 3.05) is 24.7 Å². The first-order valence-corrected chi connectivity index (χ1v) is 7.90. The maximum Gasteiger partial charge on any atom is 0.323 e. The van der Waals surface area contributed by atoms with Crippen molar-refractivity contribution >= 4 is 29.5 Å². The van der Waals surface area contributed by atoms with E-state index in [1.165, 1.54) is 16.7 Å². The van der Waals surface area contributed by atoms with Crippen LogP contribution in [0.1, 0.15) is 27.2 Å². The fourth-order valence-corrected chi connectivity index (χ4v) is 3.32. The molecule has 6 nitrogen and oxygen atoms in total. The number of carbonyl (C=O) groups is 3. The number of aliphatic carboxylic acids is 1. The second kappa shape index (κ2) is 7.52. The number of thioether (sulfide) groups is 1. The highest BCUT2D eigenvalue weighted by atomic mass is 32.2. The van der Waals surface area contributed by atoms with Crippen molar-refractivity contribution in [3.63, 3.8) is 0 Å². The summed E-state index contributed by atoms with van der Waals surface area (Å²) in [5.41, 5.74) is 0. The van der Waals surface area contributed by atoms with Crippen LogP contribution in [0, 0.1) is 5.92 Å². The number of nitrogens with zero attached hydrogens (tertiary/aromatic N) is 2.